The molecule has 3 saturated carbocycles. The summed E-state index contributed by atoms with van der Waals surface area (Å²) in [5, 5.41) is 1.47. The molecule has 35 heavy (non-hydrogen) atoms. The Hall–Kier alpha value is 0.0669. The number of carbonyl (C=O) groups is 1. The lowest BCUT2D eigenvalue weighted by Crippen LogP contribution is -2.50. The number of unbranched alkanes of at least 4 members (excludes halogenated alkanes) is 2. The number of fused-ring (bicyclic) bond motifs is 5. The van der Waals surface area contributed by atoms with Crippen molar-refractivity contribution in [3.05, 3.63) is 11.6 Å². The van der Waals surface area contributed by atoms with Gasteiger partial charge in [0.15, 0.2) is 14.1 Å². The second-order valence-electron chi connectivity index (χ2n) is 14.5. The van der Waals surface area contributed by atoms with Gasteiger partial charge in [0.1, 0.15) is 0 Å². The zero-order chi connectivity index (χ0) is 26.1. The Morgan fingerprint density at radius 2 is 1.77 bits per heavy atom. The van der Waals surface area contributed by atoms with Crippen LogP contribution in [-0.4, -0.2) is 26.0 Å². The van der Waals surface area contributed by atoms with Crippen molar-refractivity contribution in [2.45, 2.75) is 130 Å². The summed E-state index contributed by atoms with van der Waals surface area (Å²) in [7, 11) is -1.48. The van der Waals surface area contributed by atoms with Crippen LogP contribution >= 0.6 is 15.9 Å². The molecule has 0 amide bonds. The van der Waals surface area contributed by atoms with Crippen LogP contribution in [0.5, 0.6) is 0 Å². The number of alkyl halides is 1. The minimum atomic E-state index is -1.48. The predicted octanol–water partition coefficient (Wildman–Crippen LogP) is 9.73. The summed E-state index contributed by atoms with van der Waals surface area (Å²) < 4.78 is 6.06. The first kappa shape index (κ1) is 29.6. The summed E-state index contributed by atoms with van der Waals surface area (Å²) in [5.74, 6) is 3.40. The minimum absolute atomic E-state index is 0.245. The molecule has 4 aliphatic rings. The molecule has 0 aliphatic heterocycles. The Labute approximate surface area is 227 Å². The Balaban J connectivity index is 0.000000216. The van der Waals surface area contributed by atoms with Crippen LogP contribution in [0.25, 0.3) is 0 Å². The number of halogens is 1. The lowest BCUT2D eigenvalue weighted by atomic mass is 9.47. The van der Waals surface area contributed by atoms with Gasteiger partial charge in [-0.15, -0.1) is 0 Å². The van der Waals surface area contributed by atoms with Crippen LogP contribution in [-0.2, 0) is 9.22 Å². The van der Waals surface area contributed by atoms with E-state index >= 15 is 0 Å². The summed E-state index contributed by atoms with van der Waals surface area (Å²) >= 11 is 3.44. The van der Waals surface area contributed by atoms with Crippen molar-refractivity contribution in [2.24, 2.45) is 34.5 Å². The average Bonchev–Trinajstić information content (AvgIpc) is 3.16. The Kier molecular flexibility index (Phi) is 9.68. The van der Waals surface area contributed by atoms with E-state index in [1.807, 2.05) is 6.08 Å². The molecule has 0 bridgehead atoms. The Morgan fingerprint density at radius 1 is 1.06 bits per heavy atom. The lowest BCUT2D eigenvalue weighted by Gasteiger charge is -2.58. The summed E-state index contributed by atoms with van der Waals surface area (Å²) in [6.45, 7) is 19.7. The minimum Gasteiger partial charge on any atom is -0.417 e. The average molecular weight is 568 g/mol. The van der Waals surface area contributed by atoms with Crippen molar-refractivity contribution < 1.29 is 9.22 Å². The predicted molar refractivity (Wildman–Crippen MR) is 157 cm³/mol. The highest BCUT2D eigenvalue weighted by Crippen LogP contribution is 2.65. The van der Waals surface area contributed by atoms with Crippen molar-refractivity contribution >= 4 is 30.0 Å². The van der Waals surface area contributed by atoms with Gasteiger partial charge in [0.05, 0.1) is 0 Å². The zero-order valence-corrected chi connectivity index (χ0v) is 26.9. The van der Waals surface area contributed by atoms with Crippen LogP contribution in [0.2, 0.25) is 18.1 Å². The van der Waals surface area contributed by atoms with Gasteiger partial charge in [-0.05, 0) is 111 Å². The molecule has 0 spiro atoms. The third kappa shape index (κ3) is 6.39. The fourth-order valence-corrected chi connectivity index (χ4v) is 9.29. The van der Waals surface area contributed by atoms with E-state index in [0.717, 1.165) is 36.1 Å². The second kappa shape index (κ2) is 11.4. The van der Waals surface area contributed by atoms with Gasteiger partial charge in [-0.2, -0.15) is 0 Å². The van der Waals surface area contributed by atoms with Crippen LogP contribution in [0.3, 0.4) is 0 Å². The van der Waals surface area contributed by atoms with Crippen LogP contribution in [0.1, 0.15) is 112 Å². The van der Waals surface area contributed by atoms with Crippen molar-refractivity contribution in [1.82, 2.24) is 0 Å². The molecular formula is C31H55BrO2Si. The number of hydrogen-bond donors (Lipinski definition) is 0. The Morgan fingerprint density at radius 3 is 2.43 bits per heavy atom. The molecule has 0 N–H and O–H groups in total. The highest BCUT2D eigenvalue weighted by atomic mass is 79.9. The summed E-state index contributed by atoms with van der Waals surface area (Å²) in [5.41, 5.74) is 2.49. The fraction of sp³-hybridized carbons (Fsp3) is 0.903. The molecule has 0 heterocycles. The highest BCUT2D eigenvalue weighted by Gasteiger charge is 2.56. The second-order valence-corrected chi connectivity index (χ2v) is 20.1. The maximum absolute atomic E-state index is 12.1. The summed E-state index contributed by atoms with van der Waals surface area (Å²) in [6, 6.07) is 0. The number of hydrogen-bond acceptors (Lipinski definition) is 2. The zero-order valence-electron chi connectivity index (χ0n) is 24.3. The van der Waals surface area contributed by atoms with E-state index in [1.54, 1.807) is 0 Å². The fourth-order valence-electron chi connectivity index (χ4n) is 7.81. The van der Waals surface area contributed by atoms with Gasteiger partial charge >= 0.3 is 0 Å². The van der Waals surface area contributed by atoms with E-state index in [4.69, 9.17) is 4.43 Å². The maximum atomic E-state index is 12.1. The molecule has 0 saturated heterocycles. The van der Waals surface area contributed by atoms with Crippen molar-refractivity contribution in [1.29, 1.82) is 0 Å². The first-order chi connectivity index (χ1) is 16.2. The first-order valence-corrected chi connectivity index (χ1v) is 18.7. The molecule has 2 nitrogen and oxygen atoms in total. The quantitative estimate of drug-likeness (QED) is 0.181. The molecular weight excluding hydrogens is 512 g/mol. The molecule has 202 valence electrons. The third-order valence-corrected chi connectivity index (χ3v) is 16.2. The highest BCUT2D eigenvalue weighted by molar-refractivity contribution is 9.09. The number of ketones is 1. The van der Waals surface area contributed by atoms with Gasteiger partial charge in [0.2, 0.25) is 0 Å². The van der Waals surface area contributed by atoms with Gasteiger partial charge in [0.25, 0.3) is 0 Å². The SMILES string of the molecule is CC(C)(C)[Si](C)(C)OCCCCCBr.CC1C[C@@]2(C)C(=CC1=O)CC[C@H]1[C@@H]3CCC[C@@]3(C)CC[C@@H]12. The normalized spacial score (nSPS) is 36.9. The molecule has 0 aromatic rings. The molecule has 6 atom stereocenters. The molecule has 4 heteroatoms. The topological polar surface area (TPSA) is 26.3 Å². The van der Waals surface area contributed by atoms with Gasteiger partial charge < -0.3 is 4.43 Å². The molecule has 1 unspecified atom stereocenters. The molecule has 4 rings (SSSR count). The maximum Gasteiger partial charge on any atom is 0.191 e. The van der Waals surface area contributed by atoms with Crippen LogP contribution in [0, 0.1) is 34.5 Å². The van der Waals surface area contributed by atoms with Crippen LogP contribution in [0.4, 0.5) is 0 Å². The van der Waals surface area contributed by atoms with E-state index in [-0.39, 0.29) is 5.92 Å². The lowest BCUT2D eigenvalue weighted by molar-refractivity contribution is -0.121. The summed E-state index contributed by atoms with van der Waals surface area (Å²) in [4.78, 5) is 12.1. The van der Waals surface area contributed by atoms with Gasteiger partial charge in [-0.3, -0.25) is 4.79 Å². The molecule has 3 fully saturated rings. The van der Waals surface area contributed by atoms with Crippen molar-refractivity contribution in [3.63, 3.8) is 0 Å². The smallest absolute Gasteiger partial charge is 0.191 e. The van der Waals surface area contributed by atoms with Crippen molar-refractivity contribution in [2.75, 3.05) is 11.9 Å². The van der Waals surface area contributed by atoms with Gasteiger partial charge in [-0.25, -0.2) is 0 Å². The van der Waals surface area contributed by atoms with Gasteiger partial charge in [-0.1, -0.05) is 75.9 Å². The van der Waals surface area contributed by atoms with Gasteiger partial charge in [0, 0.05) is 17.9 Å². The van der Waals surface area contributed by atoms with E-state index in [1.165, 1.54) is 69.8 Å². The third-order valence-electron chi connectivity index (χ3n) is 11.1. The molecule has 0 radical (unpaired) electrons. The molecule has 4 aliphatic carbocycles. The summed E-state index contributed by atoms with van der Waals surface area (Å²) in [6.07, 6.45) is 16.7. The van der Waals surface area contributed by atoms with E-state index in [9.17, 15) is 4.79 Å². The first-order valence-electron chi connectivity index (χ1n) is 14.7. The van der Waals surface area contributed by atoms with Crippen LogP contribution < -0.4 is 0 Å². The van der Waals surface area contributed by atoms with Crippen molar-refractivity contribution in [3.8, 4) is 0 Å². The van der Waals surface area contributed by atoms with E-state index < -0.39 is 8.32 Å². The van der Waals surface area contributed by atoms with E-state index in [2.05, 4.69) is 70.6 Å². The van der Waals surface area contributed by atoms with Crippen LogP contribution in [0.15, 0.2) is 11.6 Å². The Bertz CT molecular complexity index is 768. The standard InChI is InChI=1S/C20H30O.C11H25BrOSi/c1-13-12-20(3)14(11-18(13)21)6-7-15-16-5-4-9-19(16,2)10-8-17(15)20;1-11(2,3)14(4,5)13-10-8-6-7-9-12/h11,13,15-17H,4-10,12H2,1-3H3;6-10H2,1-5H3/t13?,15-,16-,17-,19-,20-;/m0./s1. The number of carbonyl (C=O) groups excluding carboxylic acids is 1. The number of allylic oxidation sites excluding steroid dienone is 1. The number of rotatable bonds is 6. The van der Waals surface area contributed by atoms with E-state index in [0.29, 0.717) is 21.7 Å². The largest absolute Gasteiger partial charge is 0.417 e. The molecule has 0 aromatic heterocycles. The molecule has 0 aromatic carbocycles. The monoisotopic (exact) mass is 566 g/mol.